The zero-order valence-corrected chi connectivity index (χ0v) is 12.1. The van der Waals surface area contributed by atoms with Gasteiger partial charge in [0.1, 0.15) is 0 Å². The van der Waals surface area contributed by atoms with Crippen molar-refractivity contribution in [2.75, 3.05) is 26.8 Å². The molecule has 0 saturated carbocycles. The Morgan fingerprint density at radius 3 is 2.12 bits per heavy atom. The summed E-state index contributed by atoms with van der Waals surface area (Å²) in [5.41, 5.74) is 0.193. The Hall–Kier alpha value is -0.120. The first-order chi connectivity index (χ1) is 7.31. The molecule has 0 rings (SSSR count). The van der Waals surface area contributed by atoms with Crippen molar-refractivity contribution in [1.82, 2.24) is 10.2 Å². The number of rotatable bonds is 7. The predicted octanol–water partition coefficient (Wildman–Crippen LogP) is 2.12. The Kier molecular flexibility index (Phi) is 7.20. The van der Waals surface area contributed by atoms with Gasteiger partial charge in [0, 0.05) is 31.3 Å². The first kappa shape index (κ1) is 15.9. The molecule has 1 N–H and O–H groups in total. The van der Waals surface area contributed by atoms with Gasteiger partial charge in [-0.1, -0.05) is 6.92 Å². The van der Waals surface area contributed by atoms with E-state index in [0.717, 1.165) is 19.7 Å². The minimum absolute atomic E-state index is 0.193. The Morgan fingerprint density at radius 1 is 1.19 bits per heavy atom. The topological polar surface area (TPSA) is 24.5 Å². The largest absolute Gasteiger partial charge is 0.383 e. The van der Waals surface area contributed by atoms with E-state index >= 15 is 0 Å². The second-order valence-corrected chi connectivity index (χ2v) is 5.61. The maximum atomic E-state index is 5.22. The molecule has 0 aliphatic carbocycles. The molecular weight excluding hydrogens is 200 g/mol. The zero-order chi connectivity index (χ0) is 12.8. The lowest BCUT2D eigenvalue weighted by Crippen LogP contribution is -2.50. The molecule has 0 aromatic rings. The average molecular weight is 230 g/mol. The fourth-order valence-corrected chi connectivity index (χ4v) is 1.97. The van der Waals surface area contributed by atoms with E-state index in [0.29, 0.717) is 12.1 Å². The van der Waals surface area contributed by atoms with E-state index in [1.165, 1.54) is 0 Å². The molecule has 2 atom stereocenters. The van der Waals surface area contributed by atoms with Gasteiger partial charge in [-0.15, -0.1) is 0 Å². The van der Waals surface area contributed by atoms with Crippen LogP contribution >= 0.6 is 0 Å². The Labute approximate surface area is 102 Å². The van der Waals surface area contributed by atoms with Crippen LogP contribution in [0.2, 0.25) is 0 Å². The van der Waals surface area contributed by atoms with E-state index in [1.54, 1.807) is 7.11 Å². The average Bonchev–Trinajstić information content (AvgIpc) is 2.15. The highest BCUT2D eigenvalue weighted by Gasteiger charge is 2.19. The van der Waals surface area contributed by atoms with E-state index in [4.69, 9.17) is 4.74 Å². The van der Waals surface area contributed by atoms with Crippen LogP contribution in [0.5, 0.6) is 0 Å². The normalized spacial score (nSPS) is 16.5. The summed E-state index contributed by atoms with van der Waals surface area (Å²) >= 11 is 0. The van der Waals surface area contributed by atoms with Gasteiger partial charge in [0.2, 0.25) is 0 Å². The third-order valence-corrected chi connectivity index (χ3v) is 2.83. The second kappa shape index (κ2) is 7.25. The quantitative estimate of drug-likeness (QED) is 0.725. The van der Waals surface area contributed by atoms with Crippen molar-refractivity contribution < 1.29 is 4.74 Å². The summed E-state index contributed by atoms with van der Waals surface area (Å²) in [6.07, 6.45) is 0. The number of ether oxygens (including phenoxy) is 1. The standard InChI is InChI=1S/C13H30N2O/c1-8-15(12(3)10-16-7)11(2)9-14-13(4,5)6/h11-12,14H,8-10H2,1-7H3. The van der Waals surface area contributed by atoms with Gasteiger partial charge in [0.25, 0.3) is 0 Å². The van der Waals surface area contributed by atoms with Gasteiger partial charge in [-0.3, -0.25) is 4.90 Å². The summed E-state index contributed by atoms with van der Waals surface area (Å²) < 4.78 is 5.22. The third kappa shape index (κ3) is 6.46. The van der Waals surface area contributed by atoms with Gasteiger partial charge in [-0.05, 0) is 41.2 Å². The maximum Gasteiger partial charge on any atom is 0.0615 e. The molecule has 2 unspecified atom stereocenters. The fourth-order valence-electron chi connectivity index (χ4n) is 1.97. The summed E-state index contributed by atoms with van der Waals surface area (Å²) in [4.78, 5) is 2.47. The first-order valence-electron chi connectivity index (χ1n) is 6.31. The summed E-state index contributed by atoms with van der Waals surface area (Å²) in [5.74, 6) is 0. The highest BCUT2D eigenvalue weighted by atomic mass is 16.5. The van der Waals surface area contributed by atoms with E-state index in [9.17, 15) is 0 Å². The molecule has 3 heteroatoms. The highest BCUT2D eigenvalue weighted by Crippen LogP contribution is 2.07. The highest BCUT2D eigenvalue weighted by molar-refractivity contribution is 4.78. The number of nitrogens with one attached hydrogen (secondary N) is 1. The Morgan fingerprint density at radius 2 is 1.75 bits per heavy atom. The molecule has 0 radical (unpaired) electrons. The molecule has 0 bridgehead atoms. The number of hydrogen-bond donors (Lipinski definition) is 1. The van der Waals surface area contributed by atoms with Crippen LogP contribution in [-0.2, 0) is 4.74 Å². The molecule has 0 heterocycles. The van der Waals surface area contributed by atoms with Gasteiger partial charge in [0.05, 0.1) is 6.61 Å². The minimum atomic E-state index is 0.193. The lowest BCUT2D eigenvalue weighted by atomic mass is 10.1. The maximum absolute atomic E-state index is 5.22. The lowest BCUT2D eigenvalue weighted by Gasteiger charge is -2.35. The molecule has 3 nitrogen and oxygen atoms in total. The van der Waals surface area contributed by atoms with Gasteiger partial charge in [0.15, 0.2) is 0 Å². The SMILES string of the molecule is CCN(C(C)CNC(C)(C)C)C(C)COC. The third-order valence-electron chi connectivity index (χ3n) is 2.83. The van der Waals surface area contributed by atoms with Crippen LogP contribution in [0.1, 0.15) is 41.5 Å². The van der Waals surface area contributed by atoms with Crippen molar-refractivity contribution >= 4 is 0 Å². The molecule has 0 aliphatic heterocycles. The van der Waals surface area contributed by atoms with Crippen LogP contribution in [0.3, 0.4) is 0 Å². The van der Waals surface area contributed by atoms with E-state index in [-0.39, 0.29) is 5.54 Å². The Balaban J connectivity index is 4.15. The molecule has 98 valence electrons. The Bertz CT molecular complexity index is 177. The van der Waals surface area contributed by atoms with Gasteiger partial charge < -0.3 is 10.1 Å². The second-order valence-electron chi connectivity index (χ2n) is 5.61. The van der Waals surface area contributed by atoms with Crippen LogP contribution in [0, 0.1) is 0 Å². The zero-order valence-electron chi connectivity index (χ0n) is 12.1. The van der Waals surface area contributed by atoms with E-state index in [2.05, 4.69) is 51.8 Å². The number of nitrogens with zero attached hydrogens (tertiary/aromatic N) is 1. The molecule has 0 aliphatic rings. The van der Waals surface area contributed by atoms with Crippen molar-refractivity contribution in [3.05, 3.63) is 0 Å². The van der Waals surface area contributed by atoms with Crippen molar-refractivity contribution in [3.63, 3.8) is 0 Å². The molecule has 0 fully saturated rings. The van der Waals surface area contributed by atoms with Crippen LogP contribution in [0.25, 0.3) is 0 Å². The van der Waals surface area contributed by atoms with Crippen LogP contribution in [0.15, 0.2) is 0 Å². The van der Waals surface area contributed by atoms with E-state index < -0.39 is 0 Å². The summed E-state index contributed by atoms with van der Waals surface area (Å²) in [6, 6.07) is 1.01. The smallest absolute Gasteiger partial charge is 0.0615 e. The predicted molar refractivity (Wildman–Crippen MR) is 70.9 cm³/mol. The monoisotopic (exact) mass is 230 g/mol. The molecule has 0 saturated heterocycles. The van der Waals surface area contributed by atoms with Crippen LogP contribution in [-0.4, -0.2) is 49.3 Å². The lowest BCUT2D eigenvalue weighted by molar-refractivity contribution is 0.0761. The van der Waals surface area contributed by atoms with Crippen molar-refractivity contribution in [2.45, 2.75) is 59.2 Å². The van der Waals surface area contributed by atoms with Crippen molar-refractivity contribution in [1.29, 1.82) is 0 Å². The van der Waals surface area contributed by atoms with Crippen molar-refractivity contribution in [3.8, 4) is 0 Å². The molecule has 0 amide bonds. The van der Waals surface area contributed by atoms with Gasteiger partial charge >= 0.3 is 0 Å². The molecular formula is C13H30N2O. The minimum Gasteiger partial charge on any atom is -0.383 e. The van der Waals surface area contributed by atoms with Crippen LogP contribution in [0.4, 0.5) is 0 Å². The summed E-state index contributed by atoms with van der Waals surface area (Å²) in [7, 11) is 1.77. The summed E-state index contributed by atoms with van der Waals surface area (Å²) in [6.45, 7) is 16.2. The van der Waals surface area contributed by atoms with Gasteiger partial charge in [-0.2, -0.15) is 0 Å². The fraction of sp³-hybridized carbons (Fsp3) is 1.00. The number of methoxy groups -OCH3 is 1. The first-order valence-corrected chi connectivity index (χ1v) is 6.31. The molecule has 16 heavy (non-hydrogen) atoms. The van der Waals surface area contributed by atoms with Crippen LogP contribution < -0.4 is 5.32 Å². The number of hydrogen-bond acceptors (Lipinski definition) is 3. The number of likely N-dealkylation sites (N-methyl/N-ethyl adjacent to an activating group) is 1. The summed E-state index contributed by atoms with van der Waals surface area (Å²) in [5, 5.41) is 3.55. The molecule has 0 aromatic heterocycles. The van der Waals surface area contributed by atoms with E-state index in [1.807, 2.05) is 0 Å². The molecule has 0 aromatic carbocycles. The van der Waals surface area contributed by atoms with Crippen molar-refractivity contribution in [2.24, 2.45) is 0 Å². The van der Waals surface area contributed by atoms with Gasteiger partial charge in [-0.25, -0.2) is 0 Å². The molecule has 0 spiro atoms.